The summed E-state index contributed by atoms with van der Waals surface area (Å²) >= 11 is 0. The van der Waals surface area contributed by atoms with Crippen LogP contribution in [0.1, 0.15) is 52.9 Å². The topological polar surface area (TPSA) is 61.4 Å². The summed E-state index contributed by atoms with van der Waals surface area (Å²) in [7, 11) is 0. The molecule has 1 aliphatic carbocycles. The SMILES string of the molecule is CC1CC(NC(=O)C2CCN(CC(=O)Nc3ccc(F)cc3)CC2)CC(C)(C)C1. The van der Waals surface area contributed by atoms with Crippen LogP contribution in [-0.4, -0.2) is 42.4 Å². The minimum Gasteiger partial charge on any atom is -0.353 e. The van der Waals surface area contributed by atoms with Gasteiger partial charge in [-0.1, -0.05) is 20.8 Å². The van der Waals surface area contributed by atoms with Gasteiger partial charge in [0.1, 0.15) is 5.82 Å². The number of amides is 2. The quantitative estimate of drug-likeness (QED) is 0.786. The molecule has 1 aliphatic heterocycles. The highest BCUT2D eigenvalue weighted by Gasteiger charge is 2.34. The van der Waals surface area contributed by atoms with Gasteiger partial charge in [0.2, 0.25) is 11.8 Å². The van der Waals surface area contributed by atoms with Crippen LogP contribution in [0.3, 0.4) is 0 Å². The summed E-state index contributed by atoms with van der Waals surface area (Å²) in [5.74, 6) is 0.417. The first-order valence-electron chi connectivity index (χ1n) is 10.8. The molecule has 1 saturated heterocycles. The first kappa shape index (κ1) is 21.8. The second kappa shape index (κ2) is 9.24. The number of carbonyl (C=O) groups is 2. The average molecular weight is 404 g/mol. The number of anilines is 1. The van der Waals surface area contributed by atoms with Crippen molar-refractivity contribution >= 4 is 17.5 Å². The van der Waals surface area contributed by atoms with Crippen LogP contribution < -0.4 is 10.6 Å². The molecule has 1 saturated carbocycles. The van der Waals surface area contributed by atoms with Crippen LogP contribution in [0.25, 0.3) is 0 Å². The van der Waals surface area contributed by atoms with Crippen LogP contribution in [0.5, 0.6) is 0 Å². The van der Waals surface area contributed by atoms with Gasteiger partial charge in [-0.05, 0) is 80.8 Å². The highest BCUT2D eigenvalue weighted by atomic mass is 19.1. The minimum absolute atomic E-state index is 0.0340. The molecule has 29 heavy (non-hydrogen) atoms. The largest absolute Gasteiger partial charge is 0.353 e. The number of nitrogens with one attached hydrogen (secondary N) is 2. The van der Waals surface area contributed by atoms with Crippen LogP contribution in [-0.2, 0) is 9.59 Å². The molecule has 2 unspecified atom stereocenters. The summed E-state index contributed by atoms with van der Waals surface area (Å²) in [4.78, 5) is 27.0. The Labute approximate surface area is 173 Å². The number of likely N-dealkylation sites (tertiary alicyclic amines) is 1. The fraction of sp³-hybridized carbons (Fsp3) is 0.652. The van der Waals surface area contributed by atoms with Gasteiger partial charge in [0.25, 0.3) is 0 Å². The molecular weight excluding hydrogens is 369 g/mol. The van der Waals surface area contributed by atoms with Crippen molar-refractivity contribution in [3.05, 3.63) is 30.1 Å². The van der Waals surface area contributed by atoms with Crippen molar-refractivity contribution < 1.29 is 14.0 Å². The number of hydrogen-bond acceptors (Lipinski definition) is 3. The fourth-order valence-corrected chi connectivity index (χ4v) is 5.07. The van der Waals surface area contributed by atoms with Gasteiger partial charge in [-0.2, -0.15) is 0 Å². The first-order chi connectivity index (χ1) is 13.7. The minimum atomic E-state index is -0.324. The number of carbonyl (C=O) groups excluding carboxylic acids is 2. The van der Waals surface area contributed by atoms with E-state index in [-0.39, 0.29) is 35.0 Å². The normalized spacial score (nSPS) is 25.4. The van der Waals surface area contributed by atoms with Crippen molar-refractivity contribution in [2.45, 2.75) is 58.9 Å². The predicted molar refractivity (Wildman–Crippen MR) is 113 cm³/mol. The van der Waals surface area contributed by atoms with E-state index in [2.05, 4.69) is 36.3 Å². The third-order valence-electron chi connectivity index (χ3n) is 6.19. The van der Waals surface area contributed by atoms with Crippen molar-refractivity contribution in [2.24, 2.45) is 17.3 Å². The van der Waals surface area contributed by atoms with E-state index < -0.39 is 0 Å². The Kier molecular flexibility index (Phi) is 6.93. The van der Waals surface area contributed by atoms with Gasteiger partial charge >= 0.3 is 0 Å². The van der Waals surface area contributed by atoms with E-state index in [0.29, 0.717) is 18.2 Å². The number of nitrogens with zero attached hydrogens (tertiary/aromatic N) is 1. The van der Waals surface area contributed by atoms with Gasteiger partial charge < -0.3 is 10.6 Å². The maximum atomic E-state index is 13.0. The van der Waals surface area contributed by atoms with E-state index in [1.165, 1.54) is 18.6 Å². The molecule has 0 radical (unpaired) electrons. The molecule has 2 aliphatic rings. The van der Waals surface area contributed by atoms with E-state index in [4.69, 9.17) is 0 Å². The second-order valence-corrected chi connectivity index (χ2v) is 9.72. The number of piperidine rings is 1. The van der Waals surface area contributed by atoms with Gasteiger partial charge in [0.15, 0.2) is 0 Å². The molecule has 1 aromatic carbocycles. The molecule has 1 heterocycles. The molecule has 2 amide bonds. The zero-order valence-corrected chi connectivity index (χ0v) is 17.8. The van der Waals surface area contributed by atoms with E-state index in [1.807, 2.05) is 0 Å². The highest BCUT2D eigenvalue weighted by Crippen LogP contribution is 2.38. The Morgan fingerprint density at radius 2 is 1.79 bits per heavy atom. The van der Waals surface area contributed by atoms with E-state index in [9.17, 15) is 14.0 Å². The van der Waals surface area contributed by atoms with Crippen LogP contribution >= 0.6 is 0 Å². The zero-order valence-electron chi connectivity index (χ0n) is 17.8. The zero-order chi connectivity index (χ0) is 21.0. The summed E-state index contributed by atoms with van der Waals surface area (Å²) < 4.78 is 13.0. The molecular formula is C23H34FN3O2. The lowest BCUT2D eigenvalue weighted by atomic mass is 9.70. The fourth-order valence-electron chi connectivity index (χ4n) is 5.07. The Bertz CT molecular complexity index is 711. The molecule has 2 atom stereocenters. The summed E-state index contributed by atoms with van der Waals surface area (Å²) in [5, 5.41) is 6.09. The van der Waals surface area contributed by atoms with Gasteiger partial charge in [-0.15, -0.1) is 0 Å². The standard InChI is InChI=1S/C23H34FN3O2/c1-16-12-20(14-23(2,3)13-16)26-22(29)17-8-10-27(11-9-17)15-21(28)25-19-6-4-18(24)5-7-19/h4-7,16-17,20H,8-15H2,1-3H3,(H,25,28)(H,26,29). The third kappa shape index (κ3) is 6.53. The van der Waals surface area contributed by atoms with Crippen molar-refractivity contribution in [3.8, 4) is 0 Å². The second-order valence-electron chi connectivity index (χ2n) is 9.72. The lowest BCUT2D eigenvalue weighted by Crippen LogP contribution is -2.48. The Morgan fingerprint density at radius 3 is 2.41 bits per heavy atom. The summed E-state index contributed by atoms with van der Waals surface area (Å²) in [6, 6.07) is 6.04. The molecule has 0 bridgehead atoms. The molecule has 0 spiro atoms. The van der Waals surface area contributed by atoms with Crippen LogP contribution in [0.2, 0.25) is 0 Å². The van der Waals surface area contributed by atoms with Gasteiger partial charge in [0, 0.05) is 17.6 Å². The lowest BCUT2D eigenvalue weighted by molar-refractivity contribution is -0.127. The van der Waals surface area contributed by atoms with Crippen LogP contribution in [0.4, 0.5) is 10.1 Å². The van der Waals surface area contributed by atoms with Crippen molar-refractivity contribution in [3.63, 3.8) is 0 Å². The van der Waals surface area contributed by atoms with E-state index in [0.717, 1.165) is 38.8 Å². The lowest BCUT2D eigenvalue weighted by Gasteiger charge is -2.40. The molecule has 6 heteroatoms. The summed E-state index contributed by atoms with van der Waals surface area (Å²) in [6.07, 6.45) is 4.89. The highest BCUT2D eigenvalue weighted by molar-refractivity contribution is 5.92. The van der Waals surface area contributed by atoms with E-state index >= 15 is 0 Å². The number of benzene rings is 1. The Morgan fingerprint density at radius 1 is 1.14 bits per heavy atom. The summed E-state index contributed by atoms with van der Waals surface area (Å²) in [5.41, 5.74) is 0.881. The van der Waals surface area contributed by atoms with Gasteiger partial charge in [-0.3, -0.25) is 14.5 Å². The molecule has 2 fully saturated rings. The average Bonchev–Trinajstić information content (AvgIpc) is 2.62. The Hall–Kier alpha value is -1.95. The maximum absolute atomic E-state index is 13.0. The van der Waals surface area contributed by atoms with Gasteiger partial charge in [-0.25, -0.2) is 4.39 Å². The van der Waals surface area contributed by atoms with E-state index in [1.54, 1.807) is 12.1 Å². The Balaban J connectivity index is 1.41. The smallest absolute Gasteiger partial charge is 0.238 e. The van der Waals surface area contributed by atoms with Crippen molar-refractivity contribution in [1.29, 1.82) is 0 Å². The number of rotatable bonds is 5. The molecule has 0 aromatic heterocycles. The molecule has 5 nitrogen and oxygen atoms in total. The third-order valence-corrected chi connectivity index (χ3v) is 6.19. The van der Waals surface area contributed by atoms with Crippen molar-refractivity contribution in [1.82, 2.24) is 10.2 Å². The molecule has 2 N–H and O–H groups in total. The number of halogens is 1. The predicted octanol–water partition coefficient (Wildman–Crippen LogP) is 3.81. The number of hydrogen-bond donors (Lipinski definition) is 2. The molecule has 1 aromatic rings. The van der Waals surface area contributed by atoms with Gasteiger partial charge in [0.05, 0.1) is 6.54 Å². The summed E-state index contributed by atoms with van der Waals surface area (Å²) in [6.45, 7) is 8.62. The monoisotopic (exact) mass is 403 g/mol. The molecule has 160 valence electrons. The van der Waals surface area contributed by atoms with Crippen molar-refractivity contribution in [2.75, 3.05) is 25.0 Å². The van der Waals surface area contributed by atoms with Crippen LogP contribution in [0.15, 0.2) is 24.3 Å². The maximum Gasteiger partial charge on any atom is 0.238 e. The van der Waals surface area contributed by atoms with Crippen LogP contribution in [0, 0.1) is 23.1 Å². The molecule has 3 rings (SSSR count). The first-order valence-corrected chi connectivity index (χ1v) is 10.8.